The Balaban J connectivity index is 1.52. The topological polar surface area (TPSA) is 88.9 Å². The predicted molar refractivity (Wildman–Crippen MR) is 95.5 cm³/mol. The first-order valence-electron chi connectivity index (χ1n) is 9.55. The van der Waals surface area contributed by atoms with Gasteiger partial charge in [-0.3, -0.25) is 24.8 Å². The number of hydroxylamine groups is 1. The SMILES string of the molecule is CC[C@H]1Cc2ncc(C(=O)NO)cc2CN1CC12CC(C1)N(C(C)O)C2. The van der Waals surface area contributed by atoms with E-state index in [1.165, 1.54) is 12.8 Å². The molecule has 5 rings (SSSR count). The average molecular weight is 360 g/mol. The summed E-state index contributed by atoms with van der Waals surface area (Å²) in [4.78, 5) is 20.9. The molecule has 3 aliphatic heterocycles. The minimum absolute atomic E-state index is 0.292. The Hall–Kier alpha value is -1.54. The monoisotopic (exact) mass is 360 g/mol. The molecule has 0 radical (unpaired) electrons. The molecule has 4 aliphatic rings. The van der Waals surface area contributed by atoms with Crippen molar-refractivity contribution in [3.05, 3.63) is 29.1 Å². The lowest BCUT2D eigenvalue weighted by molar-refractivity contribution is 0.0147. The number of hydrogen-bond donors (Lipinski definition) is 3. The summed E-state index contributed by atoms with van der Waals surface area (Å²) in [5.74, 6) is -0.520. The third kappa shape index (κ3) is 2.93. The Bertz CT molecular complexity index is 702. The van der Waals surface area contributed by atoms with Gasteiger partial charge in [-0.05, 0) is 43.2 Å². The van der Waals surface area contributed by atoms with Crippen molar-refractivity contribution in [2.45, 2.75) is 64.4 Å². The molecule has 7 heteroatoms. The van der Waals surface area contributed by atoms with Crippen LogP contribution in [0.1, 0.15) is 54.7 Å². The quantitative estimate of drug-likeness (QED) is 0.539. The molecule has 3 fully saturated rings. The summed E-state index contributed by atoms with van der Waals surface area (Å²) < 4.78 is 0. The van der Waals surface area contributed by atoms with Gasteiger partial charge in [-0.15, -0.1) is 0 Å². The van der Waals surface area contributed by atoms with Gasteiger partial charge >= 0.3 is 0 Å². The van der Waals surface area contributed by atoms with Crippen molar-refractivity contribution in [3.8, 4) is 0 Å². The van der Waals surface area contributed by atoms with E-state index >= 15 is 0 Å². The number of nitrogens with zero attached hydrogens (tertiary/aromatic N) is 3. The van der Waals surface area contributed by atoms with Crippen molar-refractivity contribution < 1.29 is 15.1 Å². The maximum atomic E-state index is 11.7. The van der Waals surface area contributed by atoms with Crippen molar-refractivity contribution in [1.29, 1.82) is 0 Å². The molecule has 7 nitrogen and oxygen atoms in total. The van der Waals surface area contributed by atoms with Crippen molar-refractivity contribution >= 4 is 5.91 Å². The number of aliphatic hydroxyl groups is 1. The molecule has 2 bridgehead atoms. The Morgan fingerprint density at radius 2 is 2.27 bits per heavy atom. The van der Waals surface area contributed by atoms with Crippen LogP contribution in [0, 0.1) is 5.41 Å². The predicted octanol–water partition coefficient (Wildman–Crippen LogP) is 1.14. The van der Waals surface area contributed by atoms with E-state index in [1.54, 1.807) is 11.7 Å². The largest absolute Gasteiger partial charge is 0.379 e. The number of rotatable bonds is 5. The lowest BCUT2D eigenvalue weighted by Gasteiger charge is -2.45. The van der Waals surface area contributed by atoms with Crippen LogP contribution >= 0.6 is 0 Å². The van der Waals surface area contributed by atoms with Gasteiger partial charge < -0.3 is 5.11 Å². The molecule has 1 aromatic heterocycles. The maximum Gasteiger partial charge on any atom is 0.276 e. The van der Waals surface area contributed by atoms with E-state index in [4.69, 9.17) is 5.21 Å². The third-order valence-corrected chi connectivity index (χ3v) is 6.56. The zero-order valence-electron chi connectivity index (χ0n) is 15.5. The van der Waals surface area contributed by atoms with Crippen LogP contribution in [-0.2, 0) is 13.0 Å². The fourth-order valence-electron chi connectivity index (χ4n) is 5.20. The Kier molecular flexibility index (Phi) is 4.51. The number of hydrogen-bond acceptors (Lipinski definition) is 6. The molecule has 2 saturated heterocycles. The van der Waals surface area contributed by atoms with Gasteiger partial charge in [-0.2, -0.15) is 0 Å². The lowest BCUT2D eigenvalue weighted by Crippen LogP contribution is -2.49. The standard InChI is InChI=1S/C19H28N4O3/c1-3-15-5-17-14(4-13(8-20-17)18(25)21-26)9-22(15)10-19-6-16(7-19)23(11-19)12(2)24/h4,8,12,15-16,24,26H,3,5-7,9-11H2,1-2H3,(H,21,25)/t12?,15-,16?,19?/m0/s1. The summed E-state index contributed by atoms with van der Waals surface area (Å²) in [6, 6.07) is 2.85. The second-order valence-electron chi connectivity index (χ2n) is 8.31. The zero-order valence-corrected chi connectivity index (χ0v) is 15.5. The van der Waals surface area contributed by atoms with E-state index < -0.39 is 5.91 Å². The van der Waals surface area contributed by atoms with Crippen LogP contribution in [-0.4, -0.2) is 62.4 Å². The van der Waals surface area contributed by atoms with Gasteiger partial charge in [0.1, 0.15) is 6.23 Å². The van der Waals surface area contributed by atoms with Crippen LogP contribution < -0.4 is 5.48 Å². The molecule has 142 valence electrons. The van der Waals surface area contributed by atoms with Crippen molar-refractivity contribution in [2.24, 2.45) is 5.41 Å². The number of carbonyl (C=O) groups excluding carboxylic acids is 1. The molecule has 4 heterocycles. The van der Waals surface area contributed by atoms with E-state index in [0.29, 0.717) is 23.1 Å². The van der Waals surface area contributed by atoms with E-state index in [1.807, 2.05) is 13.0 Å². The highest BCUT2D eigenvalue weighted by Gasteiger charge is 2.56. The minimum Gasteiger partial charge on any atom is -0.379 e. The minimum atomic E-state index is -0.520. The summed E-state index contributed by atoms with van der Waals surface area (Å²) in [6.45, 7) is 6.87. The first kappa shape index (κ1) is 17.9. The van der Waals surface area contributed by atoms with Gasteiger partial charge in [-0.25, -0.2) is 5.48 Å². The van der Waals surface area contributed by atoms with E-state index in [0.717, 1.165) is 43.7 Å². The first-order valence-corrected chi connectivity index (χ1v) is 9.55. The Labute approximate surface area is 154 Å². The fraction of sp³-hybridized carbons (Fsp3) is 0.684. The van der Waals surface area contributed by atoms with Gasteiger partial charge in [-0.1, -0.05) is 6.92 Å². The summed E-state index contributed by atoms with van der Waals surface area (Å²) in [7, 11) is 0. The summed E-state index contributed by atoms with van der Waals surface area (Å²) in [6.07, 6.45) is 5.48. The normalized spacial score (nSPS) is 32.0. The van der Waals surface area contributed by atoms with Crippen LogP contribution in [0.25, 0.3) is 0 Å². The highest BCUT2D eigenvalue weighted by atomic mass is 16.5. The molecule has 0 aromatic carbocycles. The molecular weight excluding hydrogens is 332 g/mol. The molecule has 3 N–H and O–H groups in total. The summed E-state index contributed by atoms with van der Waals surface area (Å²) >= 11 is 0. The maximum absolute atomic E-state index is 11.7. The second-order valence-corrected chi connectivity index (χ2v) is 8.31. The molecule has 1 aromatic rings. The van der Waals surface area contributed by atoms with Crippen LogP contribution in [0.4, 0.5) is 0 Å². The Morgan fingerprint density at radius 3 is 2.88 bits per heavy atom. The summed E-state index contributed by atoms with van der Waals surface area (Å²) in [5, 5.41) is 18.8. The first-order chi connectivity index (χ1) is 12.4. The third-order valence-electron chi connectivity index (χ3n) is 6.56. The van der Waals surface area contributed by atoms with Crippen LogP contribution in [0.15, 0.2) is 12.3 Å². The van der Waals surface area contributed by atoms with Crippen molar-refractivity contribution in [2.75, 3.05) is 13.1 Å². The number of pyridine rings is 1. The number of aromatic nitrogens is 1. The number of nitrogens with one attached hydrogen (secondary N) is 1. The average Bonchev–Trinajstić information content (AvgIpc) is 3.15. The van der Waals surface area contributed by atoms with Gasteiger partial charge in [0.15, 0.2) is 0 Å². The van der Waals surface area contributed by atoms with Crippen LogP contribution in [0.2, 0.25) is 0 Å². The van der Waals surface area contributed by atoms with Gasteiger partial charge in [0.05, 0.1) is 5.56 Å². The van der Waals surface area contributed by atoms with E-state index in [2.05, 4.69) is 21.7 Å². The number of amides is 1. The van der Waals surface area contributed by atoms with Crippen LogP contribution in [0.3, 0.4) is 0 Å². The van der Waals surface area contributed by atoms with Gasteiger partial charge in [0, 0.05) is 50.0 Å². The highest BCUT2D eigenvalue weighted by Crippen LogP contribution is 2.53. The molecule has 26 heavy (non-hydrogen) atoms. The van der Waals surface area contributed by atoms with Crippen molar-refractivity contribution in [3.63, 3.8) is 0 Å². The molecule has 1 amide bonds. The van der Waals surface area contributed by atoms with E-state index in [9.17, 15) is 9.90 Å². The van der Waals surface area contributed by atoms with Gasteiger partial charge in [0.25, 0.3) is 5.91 Å². The van der Waals surface area contributed by atoms with Crippen molar-refractivity contribution in [1.82, 2.24) is 20.3 Å². The molecular formula is C19H28N4O3. The summed E-state index contributed by atoms with van der Waals surface area (Å²) in [5.41, 5.74) is 4.50. The number of fused-ring (bicyclic) bond motifs is 2. The lowest BCUT2D eigenvalue weighted by atomic mass is 9.69. The smallest absolute Gasteiger partial charge is 0.276 e. The van der Waals surface area contributed by atoms with Gasteiger partial charge in [0.2, 0.25) is 0 Å². The number of carbonyl (C=O) groups is 1. The molecule has 1 saturated carbocycles. The Morgan fingerprint density at radius 1 is 1.50 bits per heavy atom. The fourth-order valence-corrected chi connectivity index (χ4v) is 5.20. The number of aliphatic hydroxyl groups excluding tert-OH is 1. The zero-order chi connectivity index (χ0) is 18.5. The molecule has 0 spiro atoms. The molecule has 2 atom stereocenters. The molecule has 1 aliphatic carbocycles. The van der Waals surface area contributed by atoms with Crippen LogP contribution in [0.5, 0.6) is 0 Å². The highest BCUT2D eigenvalue weighted by molar-refractivity contribution is 5.93. The second kappa shape index (κ2) is 6.56. The van der Waals surface area contributed by atoms with E-state index in [-0.39, 0.29) is 6.23 Å². The molecule has 1 unspecified atom stereocenters.